The molecular weight excluding hydrogens is 348 g/mol. The van der Waals surface area contributed by atoms with E-state index in [1.165, 1.54) is 0 Å². The molecule has 1 saturated heterocycles. The van der Waals surface area contributed by atoms with Gasteiger partial charge in [-0.3, -0.25) is 4.68 Å². The van der Waals surface area contributed by atoms with E-state index >= 15 is 0 Å². The second kappa shape index (κ2) is 7.53. The highest BCUT2D eigenvalue weighted by Crippen LogP contribution is 2.31. The lowest BCUT2D eigenvalue weighted by atomic mass is 9.96. The third-order valence-corrected chi connectivity index (χ3v) is 5.96. The van der Waals surface area contributed by atoms with Crippen molar-refractivity contribution in [2.24, 2.45) is 7.05 Å². The summed E-state index contributed by atoms with van der Waals surface area (Å²) >= 11 is 1.73. The van der Waals surface area contributed by atoms with E-state index in [4.69, 9.17) is 0 Å². The minimum atomic E-state index is 0.443. The van der Waals surface area contributed by atoms with Crippen LogP contribution >= 0.6 is 11.3 Å². The van der Waals surface area contributed by atoms with Gasteiger partial charge in [0.05, 0.1) is 0 Å². The van der Waals surface area contributed by atoms with Crippen molar-refractivity contribution in [1.82, 2.24) is 34.7 Å². The van der Waals surface area contributed by atoms with Crippen molar-refractivity contribution in [3.63, 3.8) is 0 Å². The third kappa shape index (κ3) is 3.48. The molecule has 0 N–H and O–H groups in total. The Kier molecular flexibility index (Phi) is 4.96. The number of aryl methyl sites for hydroxylation is 1. The predicted octanol–water partition coefficient (Wildman–Crippen LogP) is 2.25. The molecule has 0 aliphatic carbocycles. The van der Waals surface area contributed by atoms with Gasteiger partial charge in [-0.15, -0.1) is 20.4 Å². The molecule has 0 bridgehead atoms. The third-order valence-electron chi connectivity index (χ3n) is 4.91. The maximum absolute atomic E-state index is 4.47. The molecule has 3 aromatic heterocycles. The van der Waals surface area contributed by atoms with E-state index in [1.54, 1.807) is 17.5 Å². The molecule has 26 heavy (non-hydrogen) atoms. The van der Waals surface area contributed by atoms with Crippen LogP contribution in [0.4, 0.5) is 5.13 Å². The van der Waals surface area contributed by atoms with Gasteiger partial charge < -0.3 is 9.47 Å². The number of hydrogen-bond acceptors (Lipinski definition) is 7. The first-order valence-corrected chi connectivity index (χ1v) is 9.99. The second-order valence-electron chi connectivity index (χ2n) is 6.73. The molecule has 0 radical (unpaired) electrons. The van der Waals surface area contributed by atoms with Crippen molar-refractivity contribution in [3.8, 4) is 0 Å². The Hall–Kier alpha value is -2.29. The summed E-state index contributed by atoms with van der Waals surface area (Å²) in [6, 6.07) is 1.92. The molecule has 8 nitrogen and oxygen atoms in total. The Labute approximate surface area is 156 Å². The summed E-state index contributed by atoms with van der Waals surface area (Å²) in [7, 11) is 2.06. The summed E-state index contributed by atoms with van der Waals surface area (Å²) < 4.78 is 4.01. The van der Waals surface area contributed by atoms with Crippen molar-refractivity contribution in [2.75, 3.05) is 18.0 Å². The average molecular weight is 373 g/mol. The number of nitrogens with zero attached hydrogens (tertiary/aromatic N) is 8. The minimum Gasteiger partial charge on any atom is -0.347 e. The zero-order valence-electron chi connectivity index (χ0n) is 15.2. The summed E-state index contributed by atoms with van der Waals surface area (Å²) in [6.45, 7) is 4.81. The SMILES string of the molecule is CCCc1nnc(N2CCC(c3nnc(Cn4cccn4)n3C)CC2)s1. The maximum atomic E-state index is 4.47. The molecule has 1 fully saturated rings. The van der Waals surface area contributed by atoms with Crippen molar-refractivity contribution < 1.29 is 0 Å². The van der Waals surface area contributed by atoms with Crippen molar-refractivity contribution in [2.45, 2.75) is 45.1 Å². The Balaban J connectivity index is 1.39. The summed E-state index contributed by atoms with van der Waals surface area (Å²) in [6.07, 6.45) is 8.00. The highest BCUT2D eigenvalue weighted by Gasteiger charge is 2.26. The number of anilines is 1. The Morgan fingerprint density at radius 3 is 2.73 bits per heavy atom. The largest absolute Gasteiger partial charge is 0.347 e. The highest BCUT2D eigenvalue weighted by molar-refractivity contribution is 7.15. The van der Waals surface area contributed by atoms with Gasteiger partial charge in [0.25, 0.3) is 0 Å². The van der Waals surface area contributed by atoms with Crippen LogP contribution in [0.2, 0.25) is 0 Å². The van der Waals surface area contributed by atoms with Gasteiger partial charge in [0.2, 0.25) is 5.13 Å². The van der Waals surface area contributed by atoms with E-state index in [0.29, 0.717) is 12.5 Å². The topological polar surface area (TPSA) is 77.6 Å². The molecule has 0 amide bonds. The Morgan fingerprint density at radius 2 is 2.00 bits per heavy atom. The molecule has 4 heterocycles. The van der Waals surface area contributed by atoms with Gasteiger partial charge in [-0.2, -0.15) is 5.10 Å². The molecule has 0 unspecified atom stereocenters. The lowest BCUT2D eigenvalue weighted by molar-refractivity contribution is 0.470. The quantitative estimate of drug-likeness (QED) is 0.660. The zero-order valence-corrected chi connectivity index (χ0v) is 16.1. The van der Waals surface area contributed by atoms with Crippen LogP contribution in [-0.4, -0.2) is 47.8 Å². The van der Waals surface area contributed by atoms with E-state index in [1.807, 2.05) is 16.9 Å². The van der Waals surface area contributed by atoms with Crippen LogP contribution in [-0.2, 0) is 20.0 Å². The van der Waals surface area contributed by atoms with Gasteiger partial charge >= 0.3 is 0 Å². The van der Waals surface area contributed by atoms with Crippen LogP contribution in [0.3, 0.4) is 0 Å². The molecule has 9 heteroatoms. The monoisotopic (exact) mass is 372 g/mol. The lowest BCUT2D eigenvalue weighted by Gasteiger charge is -2.30. The minimum absolute atomic E-state index is 0.443. The van der Waals surface area contributed by atoms with Gasteiger partial charge in [-0.25, -0.2) is 0 Å². The first kappa shape index (κ1) is 17.1. The number of hydrogen-bond donors (Lipinski definition) is 0. The fraction of sp³-hybridized carbons (Fsp3) is 0.588. The first-order chi connectivity index (χ1) is 12.7. The normalized spacial score (nSPS) is 15.7. The molecule has 1 aliphatic heterocycles. The van der Waals surface area contributed by atoms with Crippen LogP contribution in [0.5, 0.6) is 0 Å². The van der Waals surface area contributed by atoms with Gasteiger partial charge in [0.15, 0.2) is 5.82 Å². The summed E-state index contributed by atoms with van der Waals surface area (Å²) in [5, 5.41) is 24.0. The van der Waals surface area contributed by atoms with Crippen LogP contribution in [0.1, 0.15) is 48.8 Å². The van der Waals surface area contributed by atoms with E-state index < -0.39 is 0 Å². The van der Waals surface area contributed by atoms with Gasteiger partial charge in [-0.1, -0.05) is 18.3 Å². The van der Waals surface area contributed by atoms with Gasteiger partial charge in [0, 0.05) is 44.9 Å². The highest BCUT2D eigenvalue weighted by atomic mass is 32.1. The number of aromatic nitrogens is 7. The van der Waals surface area contributed by atoms with Crippen molar-refractivity contribution in [1.29, 1.82) is 0 Å². The second-order valence-corrected chi connectivity index (χ2v) is 7.77. The van der Waals surface area contributed by atoms with E-state index in [2.05, 4.69) is 48.9 Å². The molecule has 0 aromatic carbocycles. The lowest BCUT2D eigenvalue weighted by Crippen LogP contribution is -2.33. The maximum Gasteiger partial charge on any atom is 0.208 e. The number of piperidine rings is 1. The molecule has 138 valence electrons. The van der Waals surface area contributed by atoms with Crippen LogP contribution < -0.4 is 4.90 Å². The zero-order chi connectivity index (χ0) is 17.9. The predicted molar refractivity (Wildman–Crippen MR) is 100 cm³/mol. The van der Waals surface area contributed by atoms with E-state index in [0.717, 1.165) is 60.6 Å². The van der Waals surface area contributed by atoms with Crippen molar-refractivity contribution >= 4 is 16.5 Å². The van der Waals surface area contributed by atoms with Crippen molar-refractivity contribution in [3.05, 3.63) is 35.1 Å². The first-order valence-electron chi connectivity index (χ1n) is 9.17. The fourth-order valence-electron chi connectivity index (χ4n) is 3.42. The summed E-state index contributed by atoms with van der Waals surface area (Å²) in [5.74, 6) is 2.47. The smallest absolute Gasteiger partial charge is 0.208 e. The van der Waals surface area contributed by atoms with E-state index in [-0.39, 0.29) is 0 Å². The Bertz CT molecular complexity index is 829. The average Bonchev–Trinajstić information content (AvgIpc) is 3.39. The standard InChI is InChI=1S/C17H24N8S/c1-3-5-15-20-22-17(26-15)24-10-6-13(7-11-24)16-21-19-14(23(16)2)12-25-9-4-8-18-25/h4,8-9,13H,3,5-7,10-12H2,1-2H3. The summed E-state index contributed by atoms with van der Waals surface area (Å²) in [4.78, 5) is 2.36. The number of rotatable bonds is 6. The summed E-state index contributed by atoms with van der Waals surface area (Å²) in [5.41, 5.74) is 0. The van der Waals surface area contributed by atoms with Gasteiger partial charge in [-0.05, 0) is 25.3 Å². The van der Waals surface area contributed by atoms with Crippen LogP contribution in [0.15, 0.2) is 18.5 Å². The molecule has 4 rings (SSSR count). The molecular formula is C17H24N8S. The molecule has 3 aromatic rings. The van der Waals surface area contributed by atoms with Crippen LogP contribution in [0, 0.1) is 0 Å². The van der Waals surface area contributed by atoms with Crippen LogP contribution in [0.25, 0.3) is 0 Å². The Morgan fingerprint density at radius 1 is 1.15 bits per heavy atom. The van der Waals surface area contributed by atoms with E-state index in [9.17, 15) is 0 Å². The molecule has 0 atom stereocenters. The molecule has 0 saturated carbocycles. The van der Waals surface area contributed by atoms with Gasteiger partial charge in [0.1, 0.15) is 17.4 Å². The fourth-order valence-corrected chi connectivity index (χ4v) is 4.42. The molecule has 0 spiro atoms. The molecule has 1 aliphatic rings.